The average molecular weight is 438 g/mol. The molecule has 1 aromatic carbocycles. The van der Waals surface area contributed by atoms with E-state index in [-0.39, 0.29) is 11.8 Å². The van der Waals surface area contributed by atoms with Crippen LogP contribution in [0, 0.1) is 5.92 Å². The van der Waals surface area contributed by atoms with Gasteiger partial charge in [0.25, 0.3) is 0 Å². The molecule has 2 aliphatic rings. The zero-order chi connectivity index (χ0) is 21.3. The summed E-state index contributed by atoms with van der Waals surface area (Å²) in [7, 11) is 0. The molecule has 2 aliphatic heterocycles. The van der Waals surface area contributed by atoms with Crippen molar-refractivity contribution < 1.29 is 18.0 Å². The molecular formula is C22H23ClF3N3O. The summed E-state index contributed by atoms with van der Waals surface area (Å²) in [5, 5.41) is 0.707. The quantitative estimate of drug-likeness (QED) is 0.679. The van der Waals surface area contributed by atoms with Crippen LogP contribution in [0.5, 0.6) is 0 Å². The molecule has 0 spiro atoms. The number of aromatic nitrogens is 1. The van der Waals surface area contributed by atoms with Crippen molar-refractivity contribution in [3.8, 4) is 0 Å². The SMILES string of the molecule is O=C(C1CCN(c2ccc(C(F)(F)F)cn2)CC1)N1CCC(c2ccc(Cl)cc2)C1. The lowest BCUT2D eigenvalue weighted by Gasteiger charge is -2.34. The second kappa shape index (κ2) is 8.46. The fourth-order valence-corrected chi connectivity index (χ4v) is 4.45. The predicted molar refractivity (Wildman–Crippen MR) is 110 cm³/mol. The monoisotopic (exact) mass is 437 g/mol. The number of benzene rings is 1. The molecule has 1 aromatic heterocycles. The highest BCUT2D eigenvalue weighted by Gasteiger charge is 2.34. The van der Waals surface area contributed by atoms with Gasteiger partial charge in [0, 0.05) is 49.2 Å². The van der Waals surface area contributed by atoms with Gasteiger partial charge in [0.05, 0.1) is 5.56 Å². The Hall–Kier alpha value is -2.28. The van der Waals surface area contributed by atoms with E-state index in [1.807, 2.05) is 34.1 Å². The number of hydrogen-bond acceptors (Lipinski definition) is 3. The number of rotatable bonds is 3. The summed E-state index contributed by atoms with van der Waals surface area (Å²) in [6, 6.07) is 10.3. The van der Waals surface area contributed by atoms with Crippen molar-refractivity contribution in [1.82, 2.24) is 9.88 Å². The zero-order valence-corrected chi connectivity index (χ0v) is 17.2. The topological polar surface area (TPSA) is 36.4 Å². The number of piperidine rings is 1. The number of pyridine rings is 1. The molecule has 0 N–H and O–H groups in total. The minimum Gasteiger partial charge on any atom is -0.357 e. The number of alkyl halides is 3. The van der Waals surface area contributed by atoms with Crippen LogP contribution in [0.2, 0.25) is 5.02 Å². The Bertz CT molecular complexity index is 878. The van der Waals surface area contributed by atoms with Crippen LogP contribution >= 0.6 is 11.6 Å². The van der Waals surface area contributed by atoms with Gasteiger partial charge in [-0.05, 0) is 49.1 Å². The molecule has 160 valence electrons. The summed E-state index contributed by atoms with van der Waals surface area (Å²) in [4.78, 5) is 20.8. The minimum atomic E-state index is -4.38. The third-order valence-corrected chi connectivity index (χ3v) is 6.34. The van der Waals surface area contributed by atoms with Gasteiger partial charge in [0.2, 0.25) is 5.91 Å². The fraction of sp³-hybridized carbons (Fsp3) is 0.455. The van der Waals surface area contributed by atoms with Gasteiger partial charge < -0.3 is 9.80 Å². The maximum absolute atomic E-state index is 13.0. The van der Waals surface area contributed by atoms with Gasteiger partial charge in [-0.25, -0.2) is 4.98 Å². The first kappa shape index (κ1) is 21.0. The molecule has 4 nitrogen and oxygen atoms in total. The first-order chi connectivity index (χ1) is 14.3. The first-order valence-corrected chi connectivity index (χ1v) is 10.5. The van der Waals surface area contributed by atoms with Gasteiger partial charge in [0.1, 0.15) is 5.82 Å². The lowest BCUT2D eigenvalue weighted by molar-refractivity contribution is -0.138. The number of nitrogens with zero attached hydrogens (tertiary/aromatic N) is 3. The molecule has 8 heteroatoms. The van der Waals surface area contributed by atoms with Gasteiger partial charge in [-0.2, -0.15) is 13.2 Å². The van der Waals surface area contributed by atoms with Crippen molar-refractivity contribution >= 4 is 23.3 Å². The Morgan fingerprint density at radius 2 is 1.70 bits per heavy atom. The van der Waals surface area contributed by atoms with E-state index in [1.54, 1.807) is 0 Å². The number of likely N-dealkylation sites (tertiary alicyclic amines) is 1. The van der Waals surface area contributed by atoms with Crippen LogP contribution in [0.3, 0.4) is 0 Å². The Balaban J connectivity index is 1.31. The Labute approximate surface area is 178 Å². The molecule has 3 heterocycles. The molecule has 1 amide bonds. The second-order valence-corrected chi connectivity index (χ2v) is 8.42. The van der Waals surface area contributed by atoms with Crippen molar-refractivity contribution in [1.29, 1.82) is 0 Å². The van der Waals surface area contributed by atoms with E-state index in [9.17, 15) is 18.0 Å². The van der Waals surface area contributed by atoms with Crippen LogP contribution in [0.4, 0.5) is 19.0 Å². The fourth-order valence-electron chi connectivity index (χ4n) is 4.32. The summed E-state index contributed by atoms with van der Waals surface area (Å²) in [5.74, 6) is 1.01. The Morgan fingerprint density at radius 3 is 2.30 bits per heavy atom. The van der Waals surface area contributed by atoms with Crippen LogP contribution in [0.15, 0.2) is 42.6 Å². The first-order valence-electron chi connectivity index (χ1n) is 10.1. The van der Waals surface area contributed by atoms with Crippen molar-refractivity contribution in [3.63, 3.8) is 0 Å². The number of anilines is 1. The maximum Gasteiger partial charge on any atom is 0.417 e. The molecule has 0 bridgehead atoms. The van der Waals surface area contributed by atoms with Crippen molar-refractivity contribution in [2.75, 3.05) is 31.1 Å². The molecule has 2 aromatic rings. The molecule has 4 rings (SSSR count). The van der Waals surface area contributed by atoms with Crippen LogP contribution in [-0.4, -0.2) is 42.0 Å². The summed E-state index contributed by atoms with van der Waals surface area (Å²) in [6.45, 7) is 2.71. The van der Waals surface area contributed by atoms with E-state index in [0.717, 1.165) is 31.8 Å². The number of halogens is 4. The second-order valence-electron chi connectivity index (χ2n) is 7.99. The van der Waals surface area contributed by atoms with Gasteiger partial charge in [-0.15, -0.1) is 0 Å². The molecule has 2 saturated heterocycles. The predicted octanol–water partition coefficient (Wildman–Crippen LogP) is 4.99. The number of amides is 1. The van der Waals surface area contributed by atoms with Crippen molar-refractivity contribution in [3.05, 3.63) is 58.7 Å². The van der Waals surface area contributed by atoms with E-state index in [1.165, 1.54) is 11.6 Å². The summed E-state index contributed by atoms with van der Waals surface area (Å²) >= 11 is 5.96. The Morgan fingerprint density at radius 1 is 1.00 bits per heavy atom. The molecule has 1 unspecified atom stereocenters. The number of carbonyl (C=O) groups is 1. The maximum atomic E-state index is 13.0. The van der Waals surface area contributed by atoms with E-state index in [0.29, 0.717) is 42.7 Å². The summed E-state index contributed by atoms with van der Waals surface area (Å²) < 4.78 is 38.1. The zero-order valence-electron chi connectivity index (χ0n) is 16.4. The van der Waals surface area contributed by atoms with E-state index < -0.39 is 11.7 Å². The highest BCUT2D eigenvalue weighted by atomic mass is 35.5. The normalized spacial score (nSPS) is 20.6. The molecule has 0 saturated carbocycles. The smallest absolute Gasteiger partial charge is 0.357 e. The number of carbonyl (C=O) groups excluding carboxylic acids is 1. The van der Waals surface area contributed by atoms with Gasteiger partial charge in [-0.1, -0.05) is 23.7 Å². The lowest BCUT2D eigenvalue weighted by Crippen LogP contribution is -2.42. The van der Waals surface area contributed by atoms with E-state index in [4.69, 9.17) is 11.6 Å². The van der Waals surface area contributed by atoms with Crippen LogP contribution in [0.25, 0.3) is 0 Å². The highest BCUT2D eigenvalue weighted by Crippen LogP contribution is 2.32. The van der Waals surface area contributed by atoms with Crippen LogP contribution in [0.1, 0.15) is 36.3 Å². The van der Waals surface area contributed by atoms with Gasteiger partial charge in [-0.3, -0.25) is 4.79 Å². The van der Waals surface area contributed by atoms with E-state index >= 15 is 0 Å². The van der Waals surface area contributed by atoms with E-state index in [2.05, 4.69) is 4.98 Å². The third kappa shape index (κ3) is 4.56. The summed E-state index contributed by atoms with van der Waals surface area (Å²) in [5.41, 5.74) is 0.457. The molecule has 1 atom stereocenters. The molecular weight excluding hydrogens is 415 g/mol. The van der Waals surface area contributed by atoms with Crippen LogP contribution < -0.4 is 4.90 Å². The molecule has 0 aliphatic carbocycles. The molecule has 30 heavy (non-hydrogen) atoms. The van der Waals surface area contributed by atoms with Crippen molar-refractivity contribution in [2.45, 2.75) is 31.4 Å². The van der Waals surface area contributed by atoms with Crippen molar-refractivity contribution in [2.24, 2.45) is 5.92 Å². The lowest BCUT2D eigenvalue weighted by atomic mass is 9.95. The Kier molecular flexibility index (Phi) is 5.91. The van der Waals surface area contributed by atoms with Gasteiger partial charge in [0.15, 0.2) is 0 Å². The highest BCUT2D eigenvalue weighted by molar-refractivity contribution is 6.30. The summed E-state index contributed by atoms with van der Waals surface area (Å²) in [6.07, 6.45) is -1.20. The molecule has 2 fully saturated rings. The van der Waals surface area contributed by atoms with Gasteiger partial charge >= 0.3 is 6.18 Å². The standard InChI is InChI=1S/C22H23ClF3N3O/c23-19-4-1-15(2-5-19)17-9-12-29(14-17)21(30)16-7-10-28(11-8-16)20-6-3-18(13-27-20)22(24,25)26/h1-6,13,16-17H,7-12,14H2. The minimum absolute atomic E-state index is 0.0420. The third-order valence-electron chi connectivity index (χ3n) is 6.08. The van der Waals surface area contributed by atoms with Crippen LogP contribution in [-0.2, 0) is 11.0 Å². The largest absolute Gasteiger partial charge is 0.417 e. The number of hydrogen-bond donors (Lipinski definition) is 0. The average Bonchev–Trinajstić information content (AvgIpc) is 3.24. The molecule has 0 radical (unpaired) electrons.